The van der Waals surface area contributed by atoms with Gasteiger partial charge in [-0.25, -0.2) is 0 Å². The van der Waals surface area contributed by atoms with E-state index >= 15 is 0 Å². The van der Waals surface area contributed by atoms with Gasteiger partial charge in [0.1, 0.15) is 0 Å². The van der Waals surface area contributed by atoms with E-state index in [1.807, 2.05) is 4.90 Å². The summed E-state index contributed by atoms with van der Waals surface area (Å²) < 4.78 is 37.7. The van der Waals surface area contributed by atoms with E-state index in [0.29, 0.717) is 19.6 Å². The molecule has 0 aromatic heterocycles. The maximum atomic E-state index is 12.6. The van der Waals surface area contributed by atoms with E-state index in [9.17, 15) is 18.0 Å². The smallest absolute Gasteiger partial charge is 0.340 e. The number of carbonyl (C=O) groups is 1. The summed E-state index contributed by atoms with van der Waals surface area (Å²) in [4.78, 5) is 16.5. The van der Waals surface area contributed by atoms with Crippen LogP contribution in [-0.2, 0) is 17.5 Å². The zero-order valence-electron chi connectivity index (χ0n) is 13.4. The monoisotopic (exact) mass is 338 g/mol. The van der Waals surface area contributed by atoms with Gasteiger partial charge in [-0.1, -0.05) is 24.3 Å². The van der Waals surface area contributed by atoms with Crippen molar-refractivity contribution in [3.8, 4) is 0 Å². The number of amides is 1. The van der Waals surface area contributed by atoms with E-state index in [4.69, 9.17) is 0 Å². The molecule has 0 unspecified atom stereocenters. The van der Waals surface area contributed by atoms with Gasteiger partial charge in [-0.15, -0.1) is 0 Å². The molecule has 0 spiro atoms. The number of hydrogen-bond donors (Lipinski definition) is 0. The number of alkyl halides is 3. The second kappa shape index (κ2) is 6.97. The van der Waals surface area contributed by atoms with E-state index in [0.717, 1.165) is 43.6 Å². The lowest BCUT2D eigenvalue weighted by atomic mass is 10.1. The molecule has 3 nitrogen and oxygen atoms in total. The minimum Gasteiger partial charge on any atom is -0.340 e. The van der Waals surface area contributed by atoms with E-state index in [-0.39, 0.29) is 11.8 Å². The SMILES string of the molecule is O=C(C1CC=CC1)N1CCN(Cc2ccc(C(F)(F)F)cc2)CC1. The highest BCUT2D eigenvalue weighted by Crippen LogP contribution is 2.29. The van der Waals surface area contributed by atoms with Crippen LogP contribution in [0.15, 0.2) is 36.4 Å². The van der Waals surface area contributed by atoms with Crippen LogP contribution in [-0.4, -0.2) is 41.9 Å². The molecule has 0 atom stereocenters. The predicted molar refractivity (Wildman–Crippen MR) is 85.2 cm³/mol. The summed E-state index contributed by atoms with van der Waals surface area (Å²) in [6, 6.07) is 5.32. The molecular formula is C18H21F3N2O. The molecule has 1 heterocycles. The average Bonchev–Trinajstić information content (AvgIpc) is 3.09. The predicted octanol–water partition coefficient (Wildman–Crippen LogP) is 3.32. The van der Waals surface area contributed by atoms with Crippen LogP contribution in [0.25, 0.3) is 0 Å². The van der Waals surface area contributed by atoms with Crippen LogP contribution >= 0.6 is 0 Å². The molecule has 1 saturated heterocycles. The molecule has 1 amide bonds. The van der Waals surface area contributed by atoms with Gasteiger partial charge in [0, 0.05) is 38.6 Å². The van der Waals surface area contributed by atoms with E-state index in [1.165, 1.54) is 12.1 Å². The summed E-state index contributed by atoms with van der Waals surface area (Å²) in [7, 11) is 0. The standard InChI is InChI=1S/C18H21F3N2O/c19-18(20,21)16-7-5-14(6-8-16)13-22-9-11-23(12-10-22)17(24)15-3-1-2-4-15/h1-2,5-8,15H,3-4,9-13H2. The summed E-state index contributed by atoms with van der Waals surface area (Å²) in [6.45, 7) is 3.51. The number of allylic oxidation sites excluding steroid dienone is 2. The summed E-state index contributed by atoms with van der Waals surface area (Å²) in [5.41, 5.74) is 0.245. The van der Waals surface area contributed by atoms with Crippen LogP contribution < -0.4 is 0 Å². The first-order valence-corrected chi connectivity index (χ1v) is 8.26. The van der Waals surface area contributed by atoms with E-state index in [1.54, 1.807) is 0 Å². The van der Waals surface area contributed by atoms with Crippen molar-refractivity contribution < 1.29 is 18.0 Å². The molecule has 0 radical (unpaired) electrons. The fourth-order valence-corrected chi connectivity index (χ4v) is 3.26. The van der Waals surface area contributed by atoms with Crippen molar-refractivity contribution in [3.05, 3.63) is 47.5 Å². The van der Waals surface area contributed by atoms with Crippen molar-refractivity contribution in [2.24, 2.45) is 5.92 Å². The Hall–Kier alpha value is -1.82. The van der Waals surface area contributed by atoms with Crippen molar-refractivity contribution in [2.45, 2.75) is 25.6 Å². The number of hydrogen-bond acceptors (Lipinski definition) is 2. The highest BCUT2D eigenvalue weighted by atomic mass is 19.4. The van der Waals surface area contributed by atoms with Gasteiger partial charge in [0.15, 0.2) is 0 Å². The van der Waals surface area contributed by atoms with Gasteiger partial charge in [-0.3, -0.25) is 9.69 Å². The summed E-state index contributed by atoms with van der Waals surface area (Å²) >= 11 is 0. The van der Waals surface area contributed by atoms with Crippen LogP contribution in [0.5, 0.6) is 0 Å². The van der Waals surface area contributed by atoms with Gasteiger partial charge >= 0.3 is 6.18 Å². The Balaban J connectivity index is 1.49. The average molecular weight is 338 g/mol. The minimum absolute atomic E-state index is 0.103. The molecule has 2 aliphatic rings. The maximum absolute atomic E-state index is 12.6. The van der Waals surface area contributed by atoms with Crippen LogP contribution in [0, 0.1) is 5.92 Å². The Morgan fingerprint density at radius 1 is 1.00 bits per heavy atom. The Bertz CT molecular complexity index is 594. The molecule has 1 aromatic carbocycles. The molecule has 130 valence electrons. The quantitative estimate of drug-likeness (QED) is 0.790. The van der Waals surface area contributed by atoms with Gasteiger partial charge in [0.2, 0.25) is 5.91 Å². The fourth-order valence-electron chi connectivity index (χ4n) is 3.26. The third kappa shape index (κ3) is 3.98. The first kappa shape index (κ1) is 17.0. The van der Waals surface area contributed by atoms with Crippen molar-refractivity contribution >= 4 is 5.91 Å². The highest BCUT2D eigenvalue weighted by molar-refractivity contribution is 5.79. The van der Waals surface area contributed by atoms with Gasteiger partial charge in [-0.05, 0) is 30.5 Å². The Labute approximate surface area is 139 Å². The molecular weight excluding hydrogens is 317 g/mol. The van der Waals surface area contributed by atoms with Crippen LogP contribution in [0.3, 0.4) is 0 Å². The van der Waals surface area contributed by atoms with Gasteiger partial charge < -0.3 is 4.90 Å². The second-order valence-electron chi connectivity index (χ2n) is 6.44. The van der Waals surface area contributed by atoms with Crippen molar-refractivity contribution in [1.82, 2.24) is 9.80 Å². The summed E-state index contributed by atoms with van der Waals surface area (Å²) in [6.07, 6.45) is 1.50. The molecule has 1 aromatic rings. The molecule has 0 bridgehead atoms. The largest absolute Gasteiger partial charge is 0.416 e. The fraction of sp³-hybridized carbons (Fsp3) is 0.500. The second-order valence-corrected chi connectivity index (χ2v) is 6.44. The zero-order chi connectivity index (χ0) is 17.2. The normalized spacial score (nSPS) is 19.9. The van der Waals surface area contributed by atoms with Crippen LogP contribution in [0.1, 0.15) is 24.0 Å². The van der Waals surface area contributed by atoms with Crippen LogP contribution in [0.2, 0.25) is 0 Å². The van der Waals surface area contributed by atoms with Gasteiger partial charge in [-0.2, -0.15) is 13.2 Å². The molecule has 1 aliphatic heterocycles. The van der Waals surface area contributed by atoms with Gasteiger partial charge in [0.05, 0.1) is 5.56 Å². The molecule has 3 rings (SSSR count). The molecule has 0 N–H and O–H groups in total. The number of halogens is 3. The number of carbonyl (C=O) groups excluding carboxylic acids is 1. The van der Waals surface area contributed by atoms with Crippen molar-refractivity contribution in [3.63, 3.8) is 0 Å². The zero-order valence-corrected chi connectivity index (χ0v) is 13.4. The Kier molecular flexibility index (Phi) is 4.94. The first-order chi connectivity index (χ1) is 11.4. The summed E-state index contributed by atoms with van der Waals surface area (Å²) in [5.74, 6) is 0.334. The Morgan fingerprint density at radius 2 is 1.58 bits per heavy atom. The maximum Gasteiger partial charge on any atom is 0.416 e. The number of rotatable bonds is 3. The topological polar surface area (TPSA) is 23.6 Å². The minimum atomic E-state index is -4.29. The van der Waals surface area contributed by atoms with E-state index in [2.05, 4.69) is 17.1 Å². The van der Waals surface area contributed by atoms with Crippen molar-refractivity contribution in [1.29, 1.82) is 0 Å². The molecule has 24 heavy (non-hydrogen) atoms. The first-order valence-electron chi connectivity index (χ1n) is 8.26. The number of piperazine rings is 1. The third-order valence-electron chi connectivity index (χ3n) is 4.73. The van der Waals surface area contributed by atoms with Crippen molar-refractivity contribution in [2.75, 3.05) is 26.2 Å². The number of nitrogens with zero attached hydrogens (tertiary/aromatic N) is 2. The molecule has 1 aliphatic carbocycles. The molecule has 1 fully saturated rings. The number of benzene rings is 1. The lowest BCUT2D eigenvalue weighted by molar-refractivity contribution is -0.138. The summed E-state index contributed by atoms with van der Waals surface area (Å²) in [5, 5.41) is 0. The Morgan fingerprint density at radius 3 is 2.12 bits per heavy atom. The van der Waals surface area contributed by atoms with Gasteiger partial charge in [0.25, 0.3) is 0 Å². The highest BCUT2D eigenvalue weighted by Gasteiger charge is 2.30. The lowest BCUT2D eigenvalue weighted by Gasteiger charge is -2.36. The molecule has 6 heteroatoms. The lowest BCUT2D eigenvalue weighted by Crippen LogP contribution is -2.49. The van der Waals surface area contributed by atoms with E-state index < -0.39 is 11.7 Å². The van der Waals surface area contributed by atoms with Crippen LogP contribution in [0.4, 0.5) is 13.2 Å². The molecule has 0 saturated carbocycles. The third-order valence-corrected chi connectivity index (χ3v) is 4.73.